The van der Waals surface area contributed by atoms with Crippen molar-refractivity contribution in [3.63, 3.8) is 0 Å². The van der Waals surface area contributed by atoms with Gasteiger partial charge in [-0.05, 0) is 60.2 Å². The fraction of sp³-hybridized carbons (Fsp3) is 0.154. The third kappa shape index (κ3) is 5.50. The molecule has 3 aromatic rings. The van der Waals surface area contributed by atoms with Gasteiger partial charge in [-0.2, -0.15) is 0 Å². The molecule has 1 atom stereocenters. The Balaban J connectivity index is 1.61. The lowest BCUT2D eigenvalue weighted by Gasteiger charge is -2.30. The Hall–Kier alpha value is -3.75. The Morgan fingerprint density at radius 2 is 1.80 bits per heavy atom. The first-order valence-corrected chi connectivity index (χ1v) is 11.6. The van der Waals surface area contributed by atoms with Crippen LogP contribution in [0.3, 0.4) is 0 Å². The lowest BCUT2D eigenvalue weighted by atomic mass is 10.1. The van der Waals surface area contributed by atoms with E-state index in [0.29, 0.717) is 33.6 Å². The van der Waals surface area contributed by atoms with E-state index in [-0.39, 0.29) is 12.3 Å². The summed E-state index contributed by atoms with van der Waals surface area (Å²) in [4.78, 5) is 41.0. The monoisotopic (exact) mass is 507 g/mol. The number of carbonyl (C=O) groups excluding carboxylic acids is 3. The number of amides is 2. The number of imide groups is 1. The quantitative estimate of drug-likeness (QED) is 0.295. The third-order valence-corrected chi connectivity index (χ3v) is 6.15. The van der Waals surface area contributed by atoms with Gasteiger partial charge in [0.05, 0.1) is 24.8 Å². The van der Waals surface area contributed by atoms with Crippen molar-refractivity contribution in [1.82, 2.24) is 4.90 Å². The molecule has 0 aromatic heterocycles. The van der Waals surface area contributed by atoms with Crippen molar-refractivity contribution in [1.29, 1.82) is 0 Å². The van der Waals surface area contributed by atoms with Crippen molar-refractivity contribution in [2.45, 2.75) is 19.0 Å². The van der Waals surface area contributed by atoms with Crippen LogP contribution in [0.2, 0.25) is 5.02 Å². The molecule has 4 rings (SSSR count). The van der Waals surface area contributed by atoms with Crippen molar-refractivity contribution in [2.24, 2.45) is 0 Å². The second kappa shape index (κ2) is 10.7. The summed E-state index contributed by atoms with van der Waals surface area (Å²) in [6.45, 7) is 0.325. The molecule has 1 heterocycles. The minimum Gasteiger partial charge on any atom is -0.465 e. The Morgan fingerprint density at radius 1 is 1.09 bits per heavy atom. The number of hydrogen-bond donors (Lipinski definition) is 1. The maximum atomic E-state index is 13.5. The van der Waals surface area contributed by atoms with Crippen LogP contribution >= 0.6 is 23.8 Å². The fourth-order valence-corrected chi connectivity index (χ4v) is 4.36. The van der Waals surface area contributed by atoms with E-state index < -0.39 is 17.9 Å². The van der Waals surface area contributed by atoms with Crippen molar-refractivity contribution in [2.75, 3.05) is 17.3 Å². The molecule has 0 radical (unpaired) electrons. The first-order valence-electron chi connectivity index (χ1n) is 10.8. The summed E-state index contributed by atoms with van der Waals surface area (Å²) in [6.07, 6.45) is -0.0399. The van der Waals surface area contributed by atoms with E-state index in [4.69, 9.17) is 28.6 Å². The summed E-state index contributed by atoms with van der Waals surface area (Å²) in [7, 11) is 1.29. The molecule has 35 heavy (non-hydrogen) atoms. The van der Waals surface area contributed by atoms with Crippen LogP contribution in [-0.4, -0.2) is 40.9 Å². The van der Waals surface area contributed by atoms with E-state index >= 15 is 0 Å². The van der Waals surface area contributed by atoms with Gasteiger partial charge in [0.1, 0.15) is 6.04 Å². The zero-order valence-corrected chi connectivity index (χ0v) is 20.4. The molecular formula is C26H22ClN3O4S. The largest absolute Gasteiger partial charge is 0.465 e. The molecular weight excluding hydrogens is 486 g/mol. The second-order valence-electron chi connectivity index (χ2n) is 7.88. The van der Waals surface area contributed by atoms with E-state index in [1.165, 1.54) is 19.2 Å². The number of carbonyl (C=O) groups is 3. The molecule has 1 fully saturated rings. The molecule has 1 aliphatic heterocycles. The van der Waals surface area contributed by atoms with E-state index in [2.05, 4.69) is 5.32 Å². The average molecular weight is 508 g/mol. The molecule has 0 aliphatic carbocycles. The summed E-state index contributed by atoms with van der Waals surface area (Å²) in [6, 6.07) is 22.0. The molecule has 0 saturated carbocycles. The van der Waals surface area contributed by atoms with Gasteiger partial charge in [0, 0.05) is 17.3 Å². The van der Waals surface area contributed by atoms with Crippen LogP contribution in [0.4, 0.5) is 11.4 Å². The van der Waals surface area contributed by atoms with Crippen LogP contribution in [0.25, 0.3) is 0 Å². The molecule has 3 aromatic carbocycles. The SMILES string of the molecule is COC(=O)c1ccc(N2C(=O)CC(N(Cc3ccccc3)C(=S)Nc3cccc(Cl)c3)C2=O)cc1. The summed E-state index contributed by atoms with van der Waals surface area (Å²) in [5, 5.41) is 3.97. The number of nitrogens with zero attached hydrogens (tertiary/aromatic N) is 2. The maximum Gasteiger partial charge on any atom is 0.337 e. The van der Waals surface area contributed by atoms with Gasteiger partial charge in [-0.1, -0.05) is 48.0 Å². The van der Waals surface area contributed by atoms with Crippen LogP contribution in [-0.2, 0) is 20.9 Å². The number of ether oxygens (including phenoxy) is 1. The molecule has 178 valence electrons. The van der Waals surface area contributed by atoms with Crippen molar-refractivity contribution in [3.05, 3.63) is 95.0 Å². The Kier molecular flexibility index (Phi) is 7.43. The number of halogens is 1. The standard InChI is InChI=1S/C26H22ClN3O4S/c1-34-25(33)18-10-12-21(13-11-18)30-23(31)15-22(24(30)32)29(16-17-6-3-2-4-7-17)26(35)28-20-9-5-8-19(27)14-20/h2-14,22H,15-16H2,1H3,(H,28,35). The maximum absolute atomic E-state index is 13.5. The highest BCUT2D eigenvalue weighted by Gasteiger charge is 2.43. The molecule has 9 heteroatoms. The number of methoxy groups -OCH3 is 1. The Bertz CT molecular complexity index is 1270. The fourth-order valence-electron chi connectivity index (χ4n) is 3.86. The minimum atomic E-state index is -0.804. The van der Waals surface area contributed by atoms with Crippen LogP contribution < -0.4 is 10.2 Å². The Morgan fingerprint density at radius 3 is 2.46 bits per heavy atom. The summed E-state index contributed by atoms with van der Waals surface area (Å²) in [5.41, 5.74) is 2.31. The van der Waals surface area contributed by atoms with Gasteiger partial charge in [0.2, 0.25) is 5.91 Å². The van der Waals surface area contributed by atoms with Gasteiger partial charge >= 0.3 is 5.97 Å². The highest BCUT2D eigenvalue weighted by atomic mass is 35.5. The summed E-state index contributed by atoms with van der Waals surface area (Å²) < 4.78 is 4.71. The topological polar surface area (TPSA) is 79.0 Å². The van der Waals surface area contributed by atoms with E-state index in [1.807, 2.05) is 36.4 Å². The molecule has 1 N–H and O–H groups in total. The van der Waals surface area contributed by atoms with Crippen LogP contribution in [0.15, 0.2) is 78.9 Å². The second-order valence-corrected chi connectivity index (χ2v) is 8.70. The first kappa shape index (κ1) is 24.4. The van der Waals surface area contributed by atoms with E-state index in [9.17, 15) is 14.4 Å². The van der Waals surface area contributed by atoms with Gasteiger partial charge < -0.3 is 15.0 Å². The highest BCUT2D eigenvalue weighted by Crippen LogP contribution is 2.28. The van der Waals surface area contributed by atoms with E-state index in [1.54, 1.807) is 35.2 Å². The predicted octanol–water partition coefficient (Wildman–Crippen LogP) is 4.66. The normalized spacial score (nSPS) is 15.1. The van der Waals surface area contributed by atoms with Crippen LogP contribution in [0, 0.1) is 0 Å². The third-order valence-electron chi connectivity index (χ3n) is 5.58. The smallest absolute Gasteiger partial charge is 0.337 e. The first-order chi connectivity index (χ1) is 16.9. The van der Waals surface area contributed by atoms with Gasteiger partial charge in [-0.25, -0.2) is 9.69 Å². The number of esters is 1. The highest BCUT2D eigenvalue weighted by molar-refractivity contribution is 7.80. The van der Waals surface area contributed by atoms with Crippen molar-refractivity contribution < 1.29 is 19.1 Å². The van der Waals surface area contributed by atoms with Gasteiger partial charge in [-0.15, -0.1) is 0 Å². The van der Waals surface area contributed by atoms with Gasteiger partial charge in [0.15, 0.2) is 5.11 Å². The molecule has 2 amide bonds. The lowest BCUT2D eigenvalue weighted by Crippen LogP contribution is -2.46. The zero-order valence-electron chi connectivity index (χ0n) is 18.8. The van der Waals surface area contributed by atoms with E-state index in [0.717, 1.165) is 10.5 Å². The molecule has 1 unspecified atom stereocenters. The number of benzene rings is 3. The van der Waals surface area contributed by atoms with Gasteiger partial charge in [-0.3, -0.25) is 9.59 Å². The number of rotatable bonds is 6. The summed E-state index contributed by atoms with van der Waals surface area (Å²) >= 11 is 11.8. The number of anilines is 2. The molecule has 1 aliphatic rings. The molecule has 0 bridgehead atoms. The summed E-state index contributed by atoms with van der Waals surface area (Å²) in [5.74, 6) is -1.25. The van der Waals surface area contributed by atoms with Gasteiger partial charge in [0.25, 0.3) is 5.91 Å². The number of hydrogen-bond acceptors (Lipinski definition) is 5. The lowest BCUT2D eigenvalue weighted by molar-refractivity contribution is -0.122. The minimum absolute atomic E-state index is 0.0399. The predicted molar refractivity (Wildman–Crippen MR) is 138 cm³/mol. The van der Waals surface area contributed by atoms with Crippen LogP contribution in [0.5, 0.6) is 0 Å². The molecule has 1 saturated heterocycles. The number of thiocarbonyl (C=S) groups is 1. The Labute approximate surface area is 213 Å². The molecule has 7 nitrogen and oxygen atoms in total. The molecule has 0 spiro atoms. The number of nitrogens with one attached hydrogen (secondary N) is 1. The average Bonchev–Trinajstić information content (AvgIpc) is 3.16. The van der Waals surface area contributed by atoms with Crippen molar-refractivity contribution in [3.8, 4) is 0 Å². The zero-order chi connectivity index (χ0) is 24.9. The van der Waals surface area contributed by atoms with Crippen molar-refractivity contribution >= 4 is 58.1 Å². The van der Waals surface area contributed by atoms with Crippen LogP contribution in [0.1, 0.15) is 22.3 Å².